The predicted octanol–water partition coefficient (Wildman–Crippen LogP) is 12.6. The topological polar surface area (TPSA) is 217 Å². The van der Waals surface area contributed by atoms with Crippen molar-refractivity contribution < 1.29 is 72.5 Å². The maximum Gasteiger partial charge on any atom is 0.311 e. The van der Waals surface area contributed by atoms with Gasteiger partial charge in [-0.05, 0) is 150 Å². The van der Waals surface area contributed by atoms with Gasteiger partial charge < -0.3 is 48.7 Å². The van der Waals surface area contributed by atoms with Gasteiger partial charge in [-0.3, -0.25) is 24.0 Å². The third-order valence-electron chi connectivity index (χ3n) is 19.3. The number of carbonyl (C=O) groups excluding carboxylic acids is 5. The van der Waals surface area contributed by atoms with Crippen LogP contribution in [0.2, 0.25) is 0 Å². The third-order valence-corrected chi connectivity index (χ3v) is 19.3. The first-order valence-electron chi connectivity index (χ1n) is 32.4. The number of aliphatic hydroxyl groups is 4. The lowest BCUT2D eigenvalue weighted by Crippen LogP contribution is -2.43. The molecule has 0 saturated carbocycles. The molecule has 2 aromatic carbocycles. The molecule has 3 aromatic rings. The number of rotatable bonds is 26. The number of fused-ring (bicyclic) bond motifs is 3. The first-order chi connectivity index (χ1) is 41.8. The summed E-state index contributed by atoms with van der Waals surface area (Å²) in [7, 11) is 0. The Morgan fingerprint density at radius 1 is 0.784 bits per heavy atom. The van der Waals surface area contributed by atoms with E-state index in [2.05, 4.69) is 49.6 Å². The van der Waals surface area contributed by atoms with Gasteiger partial charge in [0.05, 0.1) is 55.0 Å². The van der Waals surface area contributed by atoms with Crippen molar-refractivity contribution in [3.05, 3.63) is 114 Å². The van der Waals surface area contributed by atoms with E-state index in [1.807, 2.05) is 78.8 Å². The molecule has 0 amide bonds. The molecule has 1 saturated heterocycles. The predicted molar refractivity (Wildman–Crippen MR) is 335 cm³/mol. The van der Waals surface area contributed by atoms with E-state index in [0.717, 1.165) is 38.9 Å². The van der Waals surface area contributed by atoms with Crippen LogP contribution >= 0.6 is 0 Å². The molecular weight excluding hydrogens is 1120 g/mol. The van der Waals surface area contributed by atoms with Gasteiger partial charge in [0, 0.05) is 59.3 Å². The highest BCUT2D eigenvalue weighted by molar-refractivity contribution is 6.01. The van der Waals surface area contributed by atoms with Crippen LogP contribution < -0.4 is 0 Å². The van der Waals surface area contributed by atoms with Crippen molar-refractivity contribution in [1.82, 2.24) is 4.57 Å². The molecule has 480 valence electrons. The fraction of sp³-hybridized carbons (Fsp3) is 0.597. The van der Waals surface area contributed by atoms with Gasteiger partial charge in [-0.1, -0.05) is 114 Å². The number of aromatic nitrogens is 1. The molecule has 5 aliphatic rings. The summed E-state index contributed by atoms with van der Waals surface area (Å²) < 4.78 is 46.6. The van der Waals surface area contributed by atoms with Gasteiger partial charge in [-0.25, -0.2) is 4.39 Å². The summed E-state index contributed by atoms with van der Waals surface area (Å²) in [5.41, 5.74) is 4.65. The van der Waals surface area contributed by atoms with Crippen LogP contribution in [0.25, 0.3) is 28.1 Å². The minimum absolute atomic E-state index is 0.0370. The van der Waals surface area contributed by atoms with Crippen LogP contribution in [0.15, 0.2) is 102 Å². The summed E-state index contributed by atoms with van der Waals surface area (Å²) in [6.45, 7) is 19.9. The van der Waals surface area contributed by atoms with Gasteiger partial charge >= 0.3 is 29.8 Å². The SMILES string of the molecule is CC[C@H](C)C(=O)O[C@H]1C[C@H](O)C=C2C=C[C@H](C)[C@H](CC[C@@H](O)C[C@@H](O)CC(=O)O[C@H](CC(=O)O[C@@H]3CC(=O)O[C@H](CC[C@H]4[C@H]5C(=C[C@@H](C)C[C@H]5OC(=O)C(C)(C)CC)C=C[C@H]4C)C3)C[C@@H](O)/C=C/c3c(-c4ccc(F)cc4)c4ccccc4n3C(C)C)[C@H]21. The second kappa shape index (κ2) is 30.1. The van der Waals surface area contributed by atoms with E-state index >= 15 is 0 Å². The molecule has 0 unspecified atom stereocenters. The van der Waals surface area contributed by atoms with Gasteiger partial charge in [0.15, 0.2) is 0 Å². The third kappa shape index (κ3) is 17.0. The molecule has 0 spiro atoms. The van der Waals surface area contributed by atoms with Crippen LogP contribution in [0.4, 0.5) is 4.39 Å². The zero-order chi connectivity index (χ0) is 63.7. The molecule has 0 radical (unpaired) electrons. The summed E-state index contributed by atoms with van der Waals surface area (Å²) in [5.74, 6) is -3.16. The number of aliphatic hydroxyl groups excluding tert-OH is 4. The molecule has 17 atom stereocenters. The van der Waals surface area contributed by atoms with Crippen molar-refractivity contribution in [2.24, 2.45) is 52.8 Å². The Balaban J connectivity index is 0.948. The lowest BCUT2D eigenvalue weighted by Gasteiger charge is -2.44. The van der Waals surface area contributed by atoms with Gasteiger partial charge in [0.1, 0.15) is 36.3 Å². The molecule has 1 fully saturated rings. The number of nitrogens with zero attached hydrogens (tertiary/aromatic N) is 1. The molecule has 1 aliphatic heterocycles. The second-order valence-electron chi connectivity index (χ2n) is 26.9. The highest BCUT2D eigenvalue weighted by Crippen LogP contribution is 2.47. The second-order valence-corrected chi connectivity index (χ2v) is 26.9. The zero-order valence-corrected chi connectivity index (χ0v) is 53.2. The fourth-order valence-electron chi connectivity index (χ4n) is 14.0. The van der Waals surface area contributed by atoms with Crippen LogP contribution in [-0.2, 0) is 47.7 Å². The quantitative estimate of drug-likeness (QED) is 0.0434. The van der Waals surface area contributed by atoms with E-state index in [-0.39, 0.29) is 116 Å². The van der Waals surface area contributed by atoms with E-state index in [0.29, 0.717) is 38.5 Å². The Hall–Kier alpha value is -6.20. The molecule has 16 heteroatoms. The summed E-state index contributed by atoms with van der Waals surface area (Å²) in [6, 6.07) is 14.0. The first-order valence-corrected chi connectivity index (χ1v) is 32.4. The summed E-state index contributed by atoms with van der Waals surface area (Å²) in [4.78, 5) is 67.7. The number of halogens is 1. The van der Waals surface area contributed by atoms with Crippen molar-refractivity contribution in [3.63, 3.8) is 0 Å². The Bertz CT molecular complexity index is 3080. The molecule has 1 aromatic heterocycles. The Kier molecular flexibility index (Phi) is 23.1. The summed E-state index contributed by atoms with van der Waals surface area (Å²) in [5, 5.41) is 46.1. The molecule has 0 bridgehead atoms. The number of benzene rings is 2. The molecule has 8 rings (SSSR count). The molecule has 88 heavy (non-hydrogen) atoms. The largest absolute Gasteiger partial charge is 0.462 e. The molecular formula is C72H96FNO14. The van der Waals surface area contributed by atoms with Gasteiger partial charge in [-0.2, -0.15) is 0 Å². The maximum atomic E-state index is 14.3. The van der Waals surface area contributed by atoms with E-state index in [1.54, 1.807) is 30.4 Å². The van der Waals surface area contributed by atoms with Crippen LogP contribution in [0.3, 0.4) is 0 Å². The highest BCUT2D eigenvalue weighted by atomic mass is 19.1. The summed E-state index contributed by atoms with van der Waals surface area (Å²) in [6.07, 6.45) is 10.5. The minimum atomic E-state index is -1.34. The zero-order valence-electron chi connectivity index (χ0n) is 53.2. The normalized spacial score (nSPS) is 27.9. The van der Waals surface area contributed by atoms with E-state index in [4.69, 9.17) is 23.7 Å². The Morgan fingerprint density at radius 3 is 2.11 bits per heavy atom. The van der Waals surface area contributed by atoms with Gasteiger partial charge in [-0.15, -0.1) is 0 Å². The van der Waals surface area contributed by atoms with Crippen molar-refractivity contribution in [3.8, 4) is 11.1 Å². The van der Waals surface area contributed by atoms with Crippen molar-refractivity contribution in [2.75, 3.05) is 0 Å². The van der Waals surface area contributed by atoms with Crippen LogP contribution in [0, 0.1) is 58.6 Å². The van der Waals surface area contributed by atoms with Crippen molar-refractivity contribution >= 4 is 46.8 Å². The van der Waals surface area contributed by atoms with Crippen LogP contribution in [0.5, 0.6) is 0 Å². The van der Waals surface area contributed by atoms with Crippen molar-refractivity contribution in [1.29, 1.82) is 0 Å². The van der Waals surface area contributed by atoms with Crippen LogP contribution in [-0.4, -0.2) is 110 Å². The average molecular weight is 1220 g/mol. The Morgan fingerprint density at radius 2 is 1.44 bits per heavy atom. The summed E-state index contributed by atoms with van der Waals surface area (Å²) >= 11 is 0. The number of hydrogen-bond donors (Lipinski definition) is 4. The smallest absolute Gasteiger partial charge is 0.311 e. The highest BCUT2D eigenvalue weighted by Gasteiger charge is 2.45. The van der Waals surface area contributed by atoms with Gasteiger partial charge in [0.25, 0.3) is 0 Å². The van der Waals surface area contributed by atoms with E-state index < -0.39 is 85.0 Å². The monoisotopic (exact) mass is 1220 g/mol. The van der Waals surface area contributed by atoms with E-state index in [1.165, 1.54) is 12.1 Å². The number of cyclic esters (lactones) is 1. The number of ether oxygens (including phenoxy) is 5. The minimum Gasteiger partial charge on any atom is -0.462 e. The van der Waals surface area contributed by atoms with E-state index in [9.17, 15) is 48.8 Å². The number of para-hydroxylation sites is 1. The van der Waals surface area contributed by atoms with Gasteiger partial charge in [0.2, 0.25) is 0 Å². The standard InChI is InChI=1S/C72H96FNO14/c1-11-43(6)70(82)87-63-36-52(77)33-48-20-18-44(7)57(69(48)63)28-25-50(75)34-53(78)37-64(79)85-55(35-51(76)26-30-61-67(46-21-23-49(73)24-22-46)59-15-13-14-16-60(59)74(61)41(3)4)39-66(81)86-56-38-54(84-65(80)40-56)27-29-58-45(8)17-19-47-31-42(5)32-62(68(47)58)88-71(83)72(9,10)12-2/h13-24,26,30-31,33,41-45,50-58,62-63,68-69,75-78H,11-12,25,27-29,32,34-40H2,1-10H3/b30-26+/t42-,43+,44+,45-,50-,51+,52-,53-,54-,55+,56+,57+,58-,62-,63+,68-,69+/m1/s1. The first kappa shape index (κ1) is 67.7. The number of allylic oxidation sites excluding steroid dienone is 5. The maximum absolute atomic E-state index is 14.3. The molecule has 15 nitrogen and oxygen atoms in total. The lowest BCUT2D eigenvalue weighted by molar-refractivity contribution is -0.173. The number of carbonyl (C=O) groups is 5. The molecule has 2 heterocycles. The number of esters is 5. The number of hydrogen-bond acceptors (Lipinski definition) is 14. The molecule has 4 N–H and O–H groups in total. The lowest BCUT2D eigenvalue weighted by atomic mass is 9.65. The van der Waals surface area contributed by atoms with Crippen LogP contribution in [0.1, 0.15) is 171 Å². The fourth-order valence-corrected chi connectivity index (χ4v) is 14.0. The van der Waals surface area contributed by atoms with Crippen molar-refractivity contribution in [2.45, 2.75) is 220 Å². The average Bonchev–Trinajstić information content (AvgIpc) is 2.58. The Labute approximate surface area is 519 Å². The molecule has 4 aliphatic carbocycles.